The number of amidine groups is 1. The quantitative estimate of drug-likeness (QED) is 0.262. The molecule has 2 aromatic rings. The van der Waals surface area contributed by atoms with Crippen molar-refractivity contribution in [1.82, 2.24) is 19.3 Å². The van der Waals surface area contributed by atoms with E-state index in [9.17, 15) is 22.0 Å². The van der Waals surface area contributed by atoms with Crippen molar-refractivity contribution in [3.05, 3.63) is 62.2 Å². The van der Waals surface area contributed by atoms with Gasteiger partial charge in [0.1, 0.15) is 6.04 Å². The molecule has 15 heteroatoms. The third-order valence-electron chi connectivity index (χ3n) is 6.27. The molecule has 4 rings (SSSR count). The van der Waals surface area contributed by atoms with E-state index in [0.717, 1.165) is 6.07 Å². The van der Waals surface area contributed by atoms with Gasteiger partial charge in [0.25, 0.3) is 10.2 Å². The van der Waals surface area contributed by atoms with Gasteiger partial charge >= 0.3 is 5.97 Å². The Morgan fingerprint density at radius 1 is 1.29 bits per heavy atom. The molecule has 1 fully saturated rings. The number of carbonyl (C=O) groups excluding carboxylic acids is 1. The number of allylic oxidation sites excluding steroid dienone is 1. The van der Waals surface area contributed by atoms with Crippen LogP contribution in [0.2, 0.25) is 5.02 Å². The van der Waals surface area contributed by atoms with E-state index in [4.69, 9.17) is 21.1 Å². The average Bonchev–Trinajstić information content (AvgIpc) is 3.46. The maximum atomic E-state index is 14.5. The number of aromatic nitrogens is 1. The van der Waals surface area contributed by atoms with Crippen LogP contribution in [-0.2, 0) is 24.5 Å². The molecule has 3 heterocycles. The van der Waals surface area contributed by atoms with Crippen molar-refractivity contribution in [2.24, 2.45) is 10.9 Å². The lowest BCUT2D eigenvalue weighted by Crippen LogP contribution is -2.47. The van der Waals surface area contributed by atoms with Gasteiger partial charge in [-0.2, -0.15) is 17.4 Å². The van der Waals surface area contributed by atoms with Crippen LogP contribution in [0.4, 0.5) is 8.78 Å². The minimum absolute atomic E-state index is 0.0836. The predicted octanol–water partition coefficient (Wildman–Crippen LogP) is 2.79. The van der Waals surface area contributed by atoms with Gasteiger partial charge < -0.3 is 14.8 Å². The number of hydrogen-bond donors (Lipinski definition) is 2. The Labute approximate surface area is 227 Å². The third kappa shape index (κ3) is 5.90. The zero-order chi connectivity index (χ0) is 27.4. The lowest BCUT2D eigenvalue weighted by molar-refractivity contribution is -0.136. The number of benzene rings is 1. The molecular formula is C23H26ClF2N5O5S2. The fourth-order valence-electron chi connectivity index (χ4n) is 4.40. The lowest BCUT2D eigenvalue weighted by atomic mass is 9.86. The van der Waals surface area contributed by atoms with Crippen molar-refractivity contribution < 1.29 is 31.5 Å². The molecule has 0 saturated carbocycles. The van der Waals surface area contributed by atoms with E-state index in [2.05, 4.69) is 20.0 Å². The molecule has 1 aromatic heterocycles. The molecule has 0 amide bonds. The molecule has 1 aromatic carbocycles. The summed E-state index contributed by atoms with van der Waals surface area (Å²) in [6.45, 7) is 0.754. The van der Waals surface area contributed by atoms with Crippen LogP contribution < -0.4 is 10.0 Å². The number of aliphatic imine (C=N–C) groups is 1. The molecule has 0 spiro atoms. The molecule has 10 nitrogen and oxygen atoms in total. The van der Waals surface area contributed by atoms with Crippen LogP contribution in [0.3, 0.4) is 0 Å². The first kappa shape index (κ1) is 28.5. The third-order valence-corrected chi connectivity index (χ3v) is 9.05. The summed E-state index contributed by atoms with van der Waals surface area (Å²) in [5.41, 5.74) is 0.619. The summed E-state index contributed by atoms with van der Waals surface area (Å²) < 4.78 is 67.4. The van der Waals surface area contributed by atoms with Crippen LogP contribution in [0.5, 0.6) is 0 Å². The molecule has 0 unspecified atom stereocenters. The predicted molar refractivity (Wildman–Crippen MR) is 138 cm³/mol. The van der Waals surface area contributed by atoms with E-state index in [1.807, 2.05) is 0 Å². The Hall–Kier alpha value is -2.49. The van der Waals surface area contributed by atoms with Gasteiger partial charge in [-0.05, 0) is 18.9 Å². The van der Waals surface area contributed by atoms with Gasteiger partial charge in [-0.25, -0.2) is 18.6 Å². The van der Waals surface area contributed by atoms with Crippen LogP contribution in [0.15, 0.2) is 40.0 Å². The highest BCUT2D eigenvalue weighted by Crippen LogP contribution is 2.40. The first-order valence-electron chi connectivity index (χ1n) is 11.6. The molecule has 1 atom stereocenters. The van der Waals surface area contributed by atoms with Crippen molar-refractivity contribution in [3.63, 3.8) is 0 Å². The summed E-state index contributed by atoms with van der Waals surface area (Å²) >= 11 is 7.49. The number of nitrogens with one attached hydrogen (secondary N) is 2. The van der Waals surface area contributed by atoms with Crippen LogP contribution in [0.25, 0.3) is 0 Å². The van der Waals surface area contributed by atoms with Crippen molar-refractivity contribution >= 4 is 45.0 Å². The zero-order valence-corrected chi connectivity index (χ0v) is 22.9. The maximum Gasteiger partial charge on any atom is 0.338 e. The number of methoxy groups -OCH3 is 2. The molecule has 0 aliphatic carbocycles. The van der Waals surface area contributed by atoms with Crippen LogP contribution in [0.1, 0.15) is 29.5 Å². The number of carbonyl (C=O) groups is 1. The Morgan fingerprint density at radius 3 is 2.66 bits per heavy atom. The van der Waals surface area contributed by atoms with E-state index >= 15 is 0 Å². The summed E-state index contributed by atoms with van der Waals surface area (Å²) in [4.78, 5) is 22.0. The first-order valence-corrected chi connectivity index (χ1v) is 14.3. The van der Waals surface area contributed by atoms with Crippen molar-refractivity contribution in [2.75, 3.05) is 40.5 Å². The monoisotopic (exact) mass is 589 g/mol. The molecule has 2 aliphatic rings. The van der Waals surface area contributed by atoms with Crippen LogP contribution in [0, 0.1) is 17.6 Å². The summed E-state index contributed by atoms with van der Waals surface area (Å²) in [7, 11) is -1.02. The highest BCUT2D eigenvalue weighted by molar-refractivity contribution is 7.87. The van der Waals surface area contributed by atoms with Gasteiger partial charge in [-0.1, -0.05) is 17.7 Å². The zero-order valence-electron chi connectivity index (χ0n) is 20.5. The number of ether oxygens (including phenoxy) is 2. The Balaban J connectivity index is 1.72. The molecule has 0 bridgehead atoms. The Morgan fingerprint density at radius 2 is 2.03 bits per heavy atom. The van der Waals surface area contributed by atoms with Crippen molar-refractivity contribution in [1.29, 1.82) is 0 Å². The second-order valence-corrected chi connectivity index (χ2v) is 11.5. The second kappa shape index (κ2) is 12.1. The molecule has 206 valence electrons. The number of nitrogens with zero attached hydrogens (tertiary/aromatic N) is 3. The highest BCUT2D eigenvalue weighted by Gasteiger charge is 2.39. The van der Waals surface area contributed by atoms with Gasteiger partial charge in [0, 0.05) is 55.5 Å². The number of rotatable bonds is 9. The number of hydrogen-bond acceptors (Lipinski definition) is 9. The van der Waals surface area contributed by atoms with Crippen LogP contribution in [-0.4, -0.2) is 70.0 Å². The number of esters is 1. The molecule has 2 N–H and O–H groups in total. The lowest BCUT2D eigenvalue weighted by Gasteiger charge is -2.36. The van der Waals surface area contributed by atoms with Crippen molar-refractivity contribution in [2.45, 2.75) is 18.9 Å². The van der Waals surface area contributed by atoms with Gasteiger partial charge in [0.15, 0.2) is 22.5 Å². The minimum atomic E-state index is -3.71. The summed E-state index contributed by atoms with van der Waals surface area (Å²) in [6.07, 6.45) is 2.33. The van der Waals surface area contributed by atoms with E-state index in [0.29, 0.717) is 29.4 Å². The van der Waals surface area contributed by atoms with Gasteiger partial charge in [-0.3, -0.25) is 4.99 Å². The highest BCUT2D eigenvalue weighted by atomic mass is 35.5. The van der Waals surface area contributed by atoms with E-state index in [1.54, 1.807) is 11.6 Å². The van der Waals surface area contributed by atoms with Gasteiger partial charge in [-0.15, -0.1) is 11.3 Å². The van der Waals surface area contributed by atoms with E-state index < -0.39 is 38.9 Å². The molecule has 0 radical (unpaired) electrons. The summed E-state index contributed by atoms with van der Waals surface area (Å²) in [5.74, 6) is -3.08. The van der Waals surface area contributed by atoms with Crippen LogP contribution >= 0.6 is 22.9 Å². The maximum absolute atomic E-state index is 14.5. The van der Waals surface area contributed by atoms with Gasteiger partial charge in [0.2, 0.25) is 0 Å². The van der Waals surface area contributed by atoms with Crippen molar-refractivity contribution in [3.8, 4) is 0 Å². The summed E-state index contributed by atoms with van der Waals surface area (Å²) in [6, 6.07) is 1.09. The number of thiazole rings is 1. The fraction of sp³-hybridized carbons (Fsp3) is 0.435. The topological polar surface area (TPSA) is 122 Å². The largest absolute Gasteiger partial charge is 0.466 e. The Kier molecular flexibility index (Phi) is 9.11. The van der Waals surface area contributed by atoms with E-state index in [1.165, 1.54) is 35.9 Å². The Bertz CT molecular complexity index is 1350. The standard InChI is InChI=1S/C23H26ClF2N5O5S2/c1-35-11-7-28-38(33,34)31-9-5-13(6-10-31)19-16(23(32)36-2)20(14-3-4-15(25)18(26)17(14)24)30-21(29-19)22-27-8-12-37-22/h3-4,8,12-13,20,28H,5-7,9-11H2,1-2H3,(H,29,30)/t20-/m1/s1. The first-order chi connectivity index (χ1) is 18.2. The minimum Gasteiger partial charge on any atom is -0.466 e. The van der Waals surface area contributed by atoms with Gasteiger partial charge in [0.05, 0.1) is 24.3 Å². The molecule has 1 saturated heterocycles. The SMILES string of the molecule is COCCNS(=O)(=O)N1CCC(C2=C(C(=O)OC)[C@@H](c3ccc(F)c(F)c3Cl)N=C(c3nccs3)N2)CC1. The fourth-order valence-corrected chi connectivity index (χ4v) is 6.46. The normalized spacial score (nSPS) is 19.3. The molecule has 2 aliphatic heterocycles. The van der Waals surface area contributed by atoms with E-state index in [-0.39, 0.29) is 43.3 Å². The second-order valence-electron chi connectivity index (χ2n) is 8.49. The average molecular weight is 590 g/mol. The number of halogens is 3. The summed E-state index contributed by atoms with van der Waals surface area (Å²) in [5, 5.41) is 4.96. The molecular weight excluding hydrogens is 564 g/mol. The molecule has 38 heavy (non-hydrogen) atoms. The smallest absolute Gasteiger partial charge is 0.338 e. The number of piperidine rings is 1.